The molecule has 0 aromatic carbocycles. The van der Waals surface area contributed by atoms with Crippen molar-refractivity contribution >= 4 is 11.5 Å². The minimum atomic E-state index is -0.336. The van der Waals surface area contributed by atoms with Crippen LogP contribution in [0.5, 0.6) is 0 Å². The fraction of sp³-hybridized carbons (Fsp3) is 0.231. The van der Waals surface area contributed by atoms with E-state index in [1.807, 2.05) is 31.4 Å². The summed E-state index contributed by atoms with van der Waals surface area (Å²) >= 11 is 0. The zero-order chi connectivity index (χ0) is 11.1. The Balaban J connectivity index is 2.11. The molecule has 3 nitrogen and oxygen atoms in total. The average Bonchev–Trinajstić information content (AvgIpc) is 2.31. The van der Waals surface area contributed by atoms with Crippen LogP contribution in [0.25, 0.3) is 0 Å². The molecule has 2 unspecified atom stereocenters. The van der Waals surface area contributed by atoms with Gasteiger partial charge in [0.1, 0.15) is 0 Å². The molecule has 0 aromatic rings. The number of fused-ring (bicyclic) bond motifs is 2. The highest BCUT2D eigenvalue weighted by Crippen LogP contribution is 2.27. The van der Waals surface area contributed by atoms with Crippen LogP contribution in [0.4, 0.5) is 0 Å². The monoisotopic (exact) mass is 212 g/mol. The molecule has 16 heavy (non-hydrogen) atoms. The smallest absolute Gasteiger partial charge is 0.186 e. The van der Waals surface area contributed by atoms with E-state index in [0.717, 1.165) is 11.4 Å². The highest BCUT2D eigenvalue weighted by molar-refractivity contribution is 6.07. The average molecular weight is 212 g/mol. The van der Waals surface area contributed by atoms with Crippen molar-refractivity contribution < 1.29 is 4.79 Å². The standard InChI is InChI=1S/C13H12N2O/c1-15-10-6-3-2-5-9(10)14-13-11(15)7-4-8-12(13)16/h2-8,10,13H,1H3. The van der Waals surface area contributed by atoms with E-state index in [0.29, 0.717) is 0 Å². The lowest BCUT2D eigenvalue weighted by molar-refractivity contribution is -0.115. The third-order valence-electron chi connectivity index (χ3n) is 3.15. The van der Waals surface area contributed by atoms with Gasteiger partial charge in [0.25, 0.3) is 0 Å². The molecular formula is C13H12N2O. The maximum absolute atomic E-state index is 11.7. The Bertz CT molecular complexity index is 494. The molecule has 2 atom stereocenters. The summed E-state index contributed by atoms with van der Waals surface area (Å²) in [7, 11) is 2.01. The summed E-state index contributed by atoms with van der Waals surface area (Å²) in [4.78, 5) is 18.4. The fourth-order valence-corrected chi connectivity index (χ4v) is 2.29. The first-order valence-corrected chi connectivity index (χ1v) is 5.35. The molecule has 3 aliphatic rings. The first-order chi connectivity index (χ1) is 7.77. The molecule has 3 rings (SSSR count). The van der Waals surface area contributed by atoms with Gasteiger partial charge in [0, 0.05) is 12.7 Å². The predicted octanol–water partition coefficient (Wildman–Crippen LogP) is 1.26. The van der Waals surface area contributed by atoms with Crippen LogP contribution in [0.3, 0.4) is 0 Å². The largest absolute Gasteiger partial charge is 0.364 e. The second-order valence-electron chi connectivity index (χ2n) is 4.11. The van der Waals surface area contributed by atoms with Crippen LogP contribution in [0.15, 0.2) is 53.2 Å². The summed E-state index contributed by atoms with van der Waals surface area (Å²) in [6, 6.07) is -0.163. The van der Waals surface area contributed by atoms with Gasteiger partial charge in [-0.05, 0) is 18.2 Å². The minimum Gasteiger partial charge on any atom is -0.364 e. The third-order valence-corrected chi connectivity index (χ3v) is 3.15. The number of ketones is 1. The van der Waals surface area contributed by atoms with Crippen molar-refractivity contribution in [3.63, 3.8) is 0 Å². The summed E-state index contributed by atoms with van der Waals surface area (Å²) in [5.74, 6) is 0.0678. The van der Waals surface area contributed by atoms with Crippen molar-refractivity contribution in [2.24, 2.45) is 4.99 Å². The quantitative estimate of drug-likeness (QED) is 0.605. The van der Waals surface area contributed by atoms with Gasteiger partial charge in [0.2, 0.25) is 0 Å². The molecule has 80 valence electrons. The number of hydrogen-bond donors (Lipinski definition) is 0. The van der Waals surface area contributed by atoms with E-state index >= 15 is 0 Å². The van der Waals surface area contributed by atoms with Gasteiger partial charge in [-0.1, -0.05) is 24.3 Å². The van der Waals surface area contributed by atoms with Crippen molar-refractivity contribution in [1.29, 1.82) is 0 Å². The van der Waals surface area contributed by atoms with E-state index in [4.69, 9.17) is 0 Å². The van der Waals surface area contributed by atoms with Crippen LogP contribution >= 0.6 is 0 Å². The molecule has 0 spiro atoms. The lowest BCUT2D eigenvalue weighted by Crippen LogP contribution is -2.46. The Labute approximate surface area is 94.2 Å². The van der Waals surface area contributed by atoms with Gasteiger partial charge in [0.15, 0.2) is 11.8 Å². The number of nitrogens with zero attached hydrogens (tertiary/aromatic N) is 2. The van der Waals surface area contributed by atoms with Crippen molar-refractivity contribution in [3.8, 4) is 0 Å². The van der Waals surface area contributed by atoms with Crippen molar-refractivity contribution in [2.45, 2.75) is 12.1 Å². The summed E-state index contributed by atoms with van der Waals surface area (Å²) in [6.45, 7) is 0. The zero-order valence-corrected chi connectivity index (χ0v) is 9.00. The van der Waals surface area contributed by atoms with E-state index < -0.39 is 0 Å². The molecule has 1 aliphatic heterocycles. The molecule has 0 bridgehead atoms. The second-order valence-corrected chi connectivity index (χ2v) is 4.11. The summed E-state index contributed by atoms with van der Waals surface area (Å²) < 4.78 is 0. The zero-order valence-electron chi connectivity index (χ0n) is 9.00. The number of rotatable bonds is 0. The normalized spacial score (nSPS) is 30.8. The molecule has 3 heteroatoms. The van der Waals surface area contributed by atoms with Crippen molar-refractivity contribution in [2.75, 3.05) is 7.05 Å². The van der Waals surface area contributed by atoms with Gasteiger partial charge in [0.05, 0.1) is 11.8 Å². The highest BCUT2D eigenvalue weighted by Gasteiger charge is 2.34. The Morgan fingerprint density at radius 3 is 3.00 bits per heavy atom. The molecule has 0 saturated carbocycles. The van der Waals surface area contributed by atoms with Gasteiger partial charge in [-0.3, -0.25) is 9.79 Å². The second kappa shape index (κ2) is 3.30. The van der Waals surface area contributed by atoms with Crippen LogP contribution in [0.1, 0.15) is 0 Å². The molecule has 0 fully saturated rings. The van der Waals surface area contributed by atoms with Gasteiger partial charge in [-0.15, -0.1) is 0 Å². The number of carbonyl (C=O) groups excluding carboxylic acids is 1. The minimum absolute atomic E-state index is 0.0678. The molecule has 0 amide bonds. The summed E-state index contributed by atoms with van der Waals surface area (Å²) in [6.07, 6.45) is 13.4. The van der Waals surface area contributed by atoms with Crippen LogP contribution in [-0.4, -0.2) is 35.5 Å². The van der Waals surface area contributed by atoms with E-state index in [2.05, 4.69) is 16.0 Å². The van der Waals surface area contributed by atoms with E-state index in [1.54, 1.807) is 12.2 Å². The lowest BCUT2D eigenvalue weighted by atomic mass is 9.94. The van der Waals surface area contributed by atoms with Gasteiger partial charge in [-0.25, -0.2) is 0 Å². The first kappa shape index (κ1) is 9.33. The van der Waals surface area contributed by atoms with Crippen molar-refractivity contribution in [3.05, 3.63) is 48.2 Å². The maximum atomic E-state index is 11.7. The summed E-state index contributed by atoms with van der Waals surface area (Å²) in [5.41, 5.74) is 1.96. The van der Waals surface area contributed by atoms with Crippen LogP contribution in [0, 0.1) is 0 Å². The number of carbonyl (C=O) groups is 1. The number of hydrogen-bond acceptors (Lipinski definition) is 3. The SMILES string of the molecule is CN1C2=CC=CC(=O)C2N=C2C=CC=CC21. The third kappa shape index (κ3) is 1.21. The fourth-order valence-electron chi connectivity index (χ4n) is 2.29. The van der Waals surface area contributed by atoms with Crippen LogP contribution in [-0.2, 0) is 4.79 Å². The van der Waals surface area contributed by atoms with Gasteiger partial charge in [-0.2, -0.15) is 0 Å². The molecule has 0 saturated heterocycles. The molecule has 0 N–H and O–H groups in total. The van der Waals surface area contributed by atoms with E-state index in [1.165, 1.54) is 0 Å². The molecule has 0 radical (unpaired) electrons. The highest BCUT2D eigenvalue weighted by atomic mass is 16.1. The Hall–Kier alpha value is -1.90. The van der Waals surface area contributed by atoms with Gasteiger partial charge < -0.3 is 4.90 Å². The predicted molar refractivity (Wildman–Crippen MR) is 63.3 cm³/mol. The number of allylic oxidation sites excluding steroid dienone is 4. The molecule has 0 aromatic heterocycles. The van der Waals surface area contributed by atoms with E-state index in [9.17, 15) is 4.79 Å². The molecular weight excluding hydrogens is 200 g/mol. The Morgan fingerprint density at radius 1 is 1.25 bits per heavy atom. The number of aliphatic imine (C=N–C) groups is 1. The number of likely N-dealkylation sites (N-methyl/N-ethyl adjacent to an activating group) is 1. The van der Waals surface area contributed by atoms with Crippen molar-refractivity contribution in [1.82, 2.24) is 4.90 Å². The first-order valence-electron chi connectivity index (χ1n) is 5.35. The van der Waals surface area contributed by atoms with Gasteiger partial charge >= 0.3 is 0 Å². The molecule has 2 aliphatic carbocycles. The summed E-state index contributed by atoms with van der Waals surface area (Å²) in [5, 5.41) is 0. The molecule has 1 heterocycles. The maximum Gasteiger partial charge on any atom is 0.186 e. The lowest BCUT2D eigenvalue weighted by Gasteiger charge is -2.38. The topological polar surface area (TPSA) is 32.7 Å². The van der Waals surface area contributed by atoms with Crippen LogP contribution in [0.2, 0.25) is 0 Å². The van der Waals surface area contributed by atoms with E-state index in [-0.39, 0.29) is 17.9 Å². The van der Waals surface area contributed by atoms with Crippen LogP contribution < -0.4 is 0 Å². The Morgan fingerprint density at radius 2 is 2.12 bits per heavy atom. The Kier molecular flexibility index (Phi) is 1.93.